The molecule has 7 nitrogen and oxygen atoms in total. The predicted molar refractivity (Wildman–Crippen MR) is 130 cm³/mol. The number of nitrogens with one attached hydrogen (secondary N) is 1. The van der Waals surface area contributed by atoms with E-state index in [4.69, 9.17) is 38.4 Å². The van der Waals surface area contributed by atoms with Crippen LogP contribution in [0.25, 0.3) is 0 Å². The minimum atomic E-state index is -0.543. The molecule has 1 atom stereocenters. The Kier molecular flexibility index (Phi) is 7.64. The highest BCUT2D eigenvalue weighted by Crippen LogP contribution is 2.42. The van der Waals surface area contributed by atoms with Crippen LogP contribution in [0.15, 0.2) is 36.4 Å². The van der Waals surface area contributed by atoms with Crippen molar-refractivity contribution in [2.75, 3.05) is 43.9 Å². The molecule has 0 saturated carbocycles. The first-order valence-corrected chi connectivity index (χ1v) is 11.2. The zero-order valence-corrected chi connectivity index (χ0v) is 20.3. The molecule has 3 N–H and O–H groups in total. The predicted octanol–water partition coefficient (Wildman–Crippen LogP) is 5.01. The van der Waals surface area contributed by atoms with Gasteiger partial charge in [-0.2, -0.15) is 0 Å². The maximum absolute atomic E-state index is 12.1. The summed E-state index contributed by atoms with van der Waals surface area (Å²) in [5.41, 5.74) is 7.04. The lowest BCUT2D eigenvalue weighted by Gasteiger charge is -2.41. The van der Waals surface area contributed by atoms with Crippen molar-refractivity contribution in [3.63, 3.8) is 0 Å². The van der Waals surface area contributed by atoms with Crippen molar-refractivity contribution < 1.29 is 14.3 Å². The number of anilines is 2. The number of hydrogen-bond donors (Lipinski definition) is 2. The SMILES string of the molecule is CN1CCN(c2c(N)ccc(Oc3ccccc3Cl)c2Cl)C[C@@H]1CNC(=O)OC(C)(C)C. The van der Waals surface area contributed by atoms with Crippen LogP contribution < -0.4 is 20.7 Å². The maximum Gasteiger partial charge on any atom is 0.407 e. The van der Waals surface area contributed by atoms with Crippen molar-refractivity contribution in [2.24, 2.45) is 0 Å². The quantitative estimate of drug-likeness (QED) is 0.585. The second kappa shape index (κ2) is 10.1. The van der Waals surface area contributed by atoms with Gasteiger partial charge in [0.25, 0.3) is 0 Å². The molecule has 1 aliphatic rings. The molecule has 3 rings (SSSR count). The summed E-state index contributed by atoms with van der Waals surface area (Å²) in [6.45, 7) is 8.10. The van der Waals surface area contributed by atoms with Crippen molar-refractivity contribution in [3.8, 4) is 11.5 Å². The van der Waals surface area contributed by atoms with E-state index in [1.165, 1.54) is 0 Å². The van der Waals surface area contributed by atoms with E-state index < -0.39 is 11.7 Å². The van der Waals surface area contributed by atoms with Gasteiger partial charge >= 0.3 is 6.09 Å². The highest BCUT2D eigenvalue weighted by molar-refractivity contribution is 6.35. The van der Waals surface area contributed by atoms with Crippen molar-refractivity contribution >= 4 is 40.7 Å². The number of rotatable bonds is 5. The van der Waals surface area contributed by atoms with Crippen LogP contribution in [-0.4, -0.2) is 55.9 Å². The molecule has 0 aromatic heterocycles. The highest BCUT2D eigenvalue weighted by Gasteiger charge is 2.29. The number of benzene rings is 2. The van der Waals surface area contributed by atoms with E-state index in [0.717, 1.165) is 13.1 Å². The lowest BCUT2D eigenvalue weighted by Crippen LogP contribution is -2.56. The van der Waals surface area contributed by atoms with Gasteiger partial charge < -0.3 is 25.4 Å². The zero-order chi connectivity index (χ0) is 23.5. The molecule has 32 heavy (non-hydrogen) atoms. The summed E-state index contributed by atoms with van der Waals surface area (Å²) < 4.78 is 11.3. The van der Waals surface area contributed by atoms with Crippen molar-refractivity contribution in [3.05, 3.63) is 46.4 Å². The number of piperazine rings is 1. The van der Waals surface area contributed by atoms with Gasteiger partial charge in [0.15, 0.2) is 0 Å². The van der Waals surface area contributed by atoms with Crippen LogP contribution in [0, 0.1) is 0 Å². The number of hydrogen-bond acceptors (Lipinski definition) is 6. The number of likely N-dealkylation sites (N-methyl/N-ethyl adjacent to an activating group) is 1. The molecule has 174 valence electrons. The van der Waals surface area contributed by atoms with Crippen molar-refractivity contribution in [1.29, 1.82) is 0 Å². The van der Waals surface area contributed by atoms with E-state index in [-0.39, 0.29) is 6.04 Å². The van der Waals surface area contributed by atoms with Gasteiger partial charge in [-0.3, -0.25) is 4.90 Å². The minimum Gasteiger partial charge on any atom is -0.454 e. The smallest absolute Gasteiger partial charge is 0.407 e. The number of amides is 1. The van der Waals surface area contributed by atoms with Gasteiger partial charge in [0.2, 0.25) is 0 Å². The lowest BCUT2D eigenvalue weighted by molar-refractivity contribution is 0.0509. The van der Waals surface area contributed by atoms with E-state index in [2.05, 4.69) is 15.1 Å². The maximum atomic E-state index is 12.1. The van der Waals surface area contributed by atoms with Gasteiger partial charge in [-0.15, -0.1) is 0 Å². The molecule has 1 saturated heterocycles. The number of ether oxygens (including phenoxy) is 2. The summed E-state index contributed by atoms with van der Waals surface area (Å²) in [6, 6.07) is 10.8. The van der Waals surface area contributed by atoms with Gasteiger partial charge in [-0.05, 0) is 52.1 Å². The van der Waals surface area contributed by atoms with Crippen LogP contribution in [0.1, 0.15) is 20.8 Å². The number of alkyl carbamates (subject to hydrolysis) is 1. The van der Waals surface area contributed by atoms with E-state index >= 15 is 0 Å². The Balaban J connectivity index is 1.75. The van der Waals surface area contributed by atoms with Gasteiger partial charge in [0.1, 0.15) is 22.1 Å². The fourth-order valence-corrected chi connectivity index (χ4v) is 4.00. The third-order valence-electron chi connectivity index (χ3n) is 5.14. The Hall–Kier alpha value is -2.35. The van der Waals surface area contributed by atoms with Crippen LogP contribution in [0.5, 0.6) is 11.5 Å². The normalized spacial score (nSPS) is 17.2. The number of carbonyl (C=O) groups excluding carboxylic acids is 1. The number of nitrogen functional groups attached to an aromatic ring is 1. The Bertz CT molecular complexity index is 965. The molecule has 2 aromatic rings. The molecule has 2 aromatic carbocycles. The zero-order valence-electron chi connectivity index (χ0n) is 18.8. The molecule has 1 fully saturated rings. The average Bonchev–Trinajstić information content (AvgIpc) is 2.70. The first-order valence-electron chi connectivity index (χ1n) is 10.5. The Morgan fingerprint density at radius 3 is 2.56 bits per heavy atom. The van der Waals surface area contributed by atoms with Crippen LogP contribution in [-0.2, 0) is 4.74 Å². The summed E-state index contributed by atoms with van der Waals surface area (Å²) in [7, 11) is 2.03. The third-order valence-corrected chi connectivity index (χ3v) is 5.82. The van der Waals surface area contributed by atoms with Gasteiger partial charge in [-0.1, -0.05) is 35.3 Å². The van der Waals surface area contributed by atoms with Crippen LogP contribution >= 0.6 is 23.2 Å². The molecule has 0 spiro atoms. The number of para-hydroxylation sites is 1. The average molecular weight is 481 g/mol. The van der Waals surface area contributed by atoms with E-state index in [0.29, 0.717) is 46.0 Å². The largest absolute Gasteiger partial charge is 0.454 e. The fourth-order valence-electron chi connectivity index (χ4n) is 3.49. The topological polar surface area (TPSA) is 80.1 Å². The molecule has 9 heteroatoms. The fraction of sp³-hybridized carbons (Fsp3) is 0.435. The van der Waals surface area contributed by atoms with E-state index in [1.54, 1.807) is 24.3 Å². The molecule has 0 bridgehead atoms. The van der Waals surface area contributed by atoms with Crippen LogP contribution in [0.3, 0.4) is 0 Å². The molecule has 1 aliphatic heterocycles. The summed E-state index contributed by atoms with van der Waals surface area (Å²) in [5.74, 6) is 0.996. The Morgan fingerprint density at radius 1 is 1.16 bits per heavy atom. The number of carbonyl (C=O) groups is 1. The molecule has 0 radical (unpaired) electrons. The van der Waals surface area contributed by atoms with Gasteiger partial charge in [-0.25, -0.2) is 4.79 Å². The van der Waals surface area contributed by atoms with Crippen LogP contribution in [0.2, 0.25) is 10.0 Å². The summed E-state index contributed by atoms with van der Waals surface area (Å²) in [5, 5.41) is 3.78. The molecule has 0 aliphatic carbocycles. The monoisotopic (exact) mass is 480 g/mol. The van der Waals surface area contributed by atoms with E-state index in [9.17, 15) is 4.79 Å². The molecule has 1 amide bonds. The standard InChI is InChI=1S/C23H30Cl2N4O3/c1-23(2,3)32-22(30)27-13-15-14-29(12-11-28(15)4)21-17(26)9-10-19(20(21)25)31-18-8-6-5-7-16(18)24/h5-10,15H,11-14,26H2,1-4H3,(H,27,30)/t15-/m0/s1. The highest BCUT2D eigenvalue weighted by atomic mass is 35.5. The second-order valence-corrected chi connectivity index (χ2v) is 9.60. The third kappa shape index (κ3) is 6.12. The Morgan fingerprint density at radius 2 is 1.88 bits per heavy atom. The molecular formula is C23H30Cl2N4O3. The number of nitrogens with zero attached hydrogens (tertiary/aromatic N) is 2. The first kappa shape index (κ1) is 24.3. The van der Waals surface area contributed by atoms with Crippen LogP contribution in [0.4, 0.5) is 16.2 Å². The van der Waals surface area contributed by atoms with Gasteiger partial charge in [0, 0.05) is 32.2 Å². The number of nitrogens with two attached hydrogens (primary N) is 1. The summed E-state index contributed by atoms with van der Waals surface area (Å²) in [6.07, 6.45) is -0.435. The summed E-state index contributed by atoms with van der Waals surface area (Å²) in [4.78, 5) is 16.4. The van der Waals surface area contributed by atoms with Gasteiger partial charge in [0.05, 0.1) is 16.4 Å². The van der Waals surface area contributed by atoms with E-state index in [1.807, 2.05) is 40.0 Å². The minimum absolute atomic E-state index is 0.0554. The number of halogens is 2. The summed E-state index contributed by atoms with van der Waals surface area (Å²) >= 11 is 13.0. The molecule has 0 unspecified atom stereocenters. The second-order valence-electron chi connectivity index (χ2n) is 8.81. The van der Waals surface area contributed by atoms with Crippen molar-refractivity contribution in [1.82, 2.24) is 10.2 Å². The van der Waals surface area contributed by atoms with Crippen molar-refractivity contribution in [2.45, 2.75) is 32.4 Å². The Labute approximate surface area is 199 Å². The molecular weight excluding hydrogens is 451 g/mol. The first-order chi connectivity index (χ1) is 15.0. The lowest BCUT2D eigenvalue weighted by atomic mass is 10.1. The molecule has 1 heterocycles.